The molecule has 2 aromatic rings. The van der Waals surface area contributed by atoms with E-state index in [1.807, 2.05) is 48.9 Å². The fourth-order valence-electron chi connectivity index (χ4n) is 1.66. The van der Waals surface area contributed by atoms with Crippen molar-refractivity contribution in [2.45, 2.75) is 6.92 Å². The number of aromatic nitrogens is 2. The van der Waals surface area contributed by atoms with Crippen LogP contribution in [-0.4, -0.2) is 16.2 Å². The molecule has 0 aliphatic heterocycles. The highest BCUT2D eigenvalue weighted by Gasteiger charge is 2.07. The molecule has 0 aliphatic rings. The van der Waals surface area contributed by atoms with E-state index >= 15 is 0 Å². The van der Waals surface area contributed by atoms with Crippen molar-refractivity contribution in [3.8, 4) is 23.2 Å². The number of rotatable bonds is 3. The van der Waals surface area contributed by atoms with E-state index in [0.717, 1.165) is 17.1 Å². The predicted octanol–water partition coefficient (Wildman–Crippen LogP) is 2.36. The van der Waals surface area contributed by atoms with Gasteiger partial charge < -0.3 is 9.30 Å². The van der Waals surface area contributed by atoms with Gasteiger partial charge >= 0.3 is 0 Å². The Morgan fingerprint density at radius 1 is 1.35 bits per heavy atom. The summed E-state index contributed by atoms with van der Waals surface area (Å²) in [6.45, 7) is 2.60. The summed E-state index contributed by atoms with van der Waals surface area (Å²) in [5, 5.41) is 8.79. The molecular weight excluding hydrogens is 214 g/mol. The quantitative estimate of drug-likeness (QED) is 0.808. The van der Waals surface area contributed by atoms with Gasteiger partial charge in [-0.1, -0.05) is 0 Å². The summed E-state index contributed by atoms with van der Waals surface area (Å²) in [6.07, 6.45) is 1.71. The van der Waals surface area contributed by atoms with Crippen molar-refractivity contribution >= 4 is 0 Å². The van der Waals surface area contributed by atoms with Crippen LogP contribution < -0.4 is 4.74 Å². The van der Waals surface area contributed by atoms with Gasteiger partial charge in [-0.25, -0.2) is 4.98 Å². The zero-order valence-corrected chi connectivity index (χ0v) is 9.84. The SMILES string of the molecule is CCOc1ccc(-c2nc(C#N)cn2C)cc1. The first-order valence-corrected chi connectivity index (χ1v) is 5.41. The van der Waals surface area contributed by atoms with Gasteiger partial charge in [0.2, 0.25) is 0 Å². The van der Waals surface area contributed by atoms with Gasteiger partial charge in [-0.05, 0) is 31.2 Å². The molecule has 0 N–H and O–H groups in total. The van der Waals surface area contributed by atoms with E-state index in [4.69, 9.17) is 10.00 Å². The molecule has 0 bridgehead atoms. The fourth-order valence-corrected chi connectivity index (χ4v) is 1.66. The first-order chi connectivity index (χ1) is 8.24. The topological polar surface area (TPSA) is 50.8 Å². The summed E-state index contributed by atoms with van der Waals surface area (Å²) in [7, 11) is 1.87. The highest BCUT2D eigenvalue weighted by atomic mass is 16.5. The van der Waals surface area contributed by atoms with Gasteiger partial charge in [0.25, 0.3) is 0 Å². The van der Waals surface area contributed by atoms with Crippen LogP contribution in [0.1, 0.15) is 12.6 Å². The van der Waals surface area contributed by atoms with Crippen molar-refractivity contribution in [1.29, 1.82) is 5.26 Å². The molecule has 4 nitrogen and oxygen atoms in total. The summed E-state index contributed by atoms with van der Waals surface area (Å²) < 4.78 is 7.22. The third kappa shape index (κ3) is 2.28. The van der Waals surface area contributed by atoms with Crippen LogP contribution in [0.2, 0.25) is 0 Å². The Kier molecular flexibility index (Phi) is 3.10. The molecule has 0 fully saturated rings. The van der Waals surface area contributed by atoms with Gasteiger partial charge in [-0.2, -0.15) is 5.26 Å². The predicted molar refractivity (Wildman–Crippen MR) is 64.5 cm³/mol. The lowest BCUT2D eigenvalue weighted by molar-refractivity contribution is 0.340. The van der Waals surface area contributed by atoms with E-state index in [9.17, 15) is 0 Å². The molecule has 0 spiro atoms. The van der Waals surface area contributed by atoms with Crippen molar-refractivity contribution in [2.75, 3.05) is 6.61 Å². The Hall–Kier alpha value is -2.28. The van der Waals surface area contributed by atoms with Gasteiger partial charge in [0.15, 0.2) is 5.69 Å². The maximum atomic E-state index is 8.79. The molecule has 1 aromatic heterocycles. The van der Waals surface area contributed by atoms with Crippen LogP contribution in [0.15, 0.2) is 30.5 Å². The summed E-state index contributed by atoms with van der Waals surface area (Å²) >= 11 is 0. The molecule has 0 amide bonds. The van der Waals surface area contributed by atoms with E-state index in [1.54, 1.807) is 6.20 Å². The highest BCUT2D eigenvalue weighted by Crippen LogP contribution is 2.21. The summed E-state index contributed by atoms with van der Waals surface area (Å²) in [5.74, 6) is 1.62. The molecule has 0 saturated heterocycles. The Morgan fingerprint density at radius 2 is 2.06 bits per heavy atom. The van der Waals surface area contributed by atoms with Crippen molar-refractivity contribution < 1.29 is 4.74 Å². The molecule has 1 heterocycles. The second-order valence-corrected chi connectivity index (χ2v) is 3.63. The number of imidazole rings is 1. The van der Waals surface area contributed by atoms with Gasteiger partial charge in [0, 0.05) is 18.8 Å². The first kappa shape index (κ1) is 11.2. The minimum Gasteiger partial charge on any atom is -0.494 e. The van der Waals surface area contributed by atoms with E-state index in [1.165, 1.54) is 0 Å². The third-order valence-corrected chi connectivity index (χ3v) is 2.41. The normalized spacial score (nSPS) is 9.94. The average molecular weight is 227 g/mol. The highest BCUT2D eigenvalue weighted by molar-refractivity contribution is 5.57. The fraction of sp³-hybridized carbons (Fsp3) is 0.231. The summed E-state index contributed by atoms with van der Waals surface area (Å²) in [6, 6.07) is 9.72. The maximum absolute atomic E-state index is 8.79. The molecule has 0 unspecified atom stereocenters. The number of nitrogens with zero attached hydrogens (tertiary/aromatic N) is 3. The minimum atomic E-state index is 0.427. The van der Waals surface area contributed by atoms with Crippen LogP contribution in [-0.2, 0) is 7.05 Å². The molecule has 4 heteroatoms. The Bertz CT molecular complexity index is 549. The molecule has 0 radical (unpaired) electrons. The van der Waals surface area contributed by atoms with Crippen LogP contribution >= 0.6 is 0 Å². The van der Waals surface area contributed by atoms with Crippen molar-refractivity contribution in [1.82, 2.24) is 9.55 Å². The number of ether oxygens (including phenoxy) is 1. The largest absolute Gasteiger partial charge is 0.494 e. The number of nitriles is 1. The van der Waals surface area contributed by atoms with E-state index in [2.05, 4.69) is 4.98 Å². The van der Waals surface area contributed by atoms with Gasteiger partial charge in [0.05, 0.1) is 6.61 Å². The zero-order chi connectivity index (χ0) is 12.3. The van der Waals surface area contributed by atoms with Crippen molar-refractivity contribution in [2.24, 2.45) is 7.05 Å². The Balaban J connectivity index is 2.33. The van der Waals surface area contributed by atoms with E-state index in [-0.39, 0.29) is 0 Å². The van der Waals surface area contributed by atoms with Crippen molar-refractivity contribution in [3.63, 3.8) is 0 Å². The molecular formula is C13H13N3O. The monoisotopic (exact) mass is 227 g/mol. The number of hydrogen-bond acceptors (Lipinski definition) is 3. The van der Waals surface area contributed by atoms with Gasteiger partial charge in [-0.3, -0.25) is 0 Å². The van der Waals surface area contributed by atoms with Crippen LogP contribution in [0.25, 0.3) is 11.4 Å². The average Bonchev–Trinajstić information content (AvgIpc) is 2.72. The summed E-state index contributed by atoms with van der Waals surface area (Å²) in [5.41, 5.74) is 1.40. The zero-order valence-electron chi connectivity index (χ0n) is 9.84. The molecule has 86 valence electrons. The van der Waals surface area contributed by atoms with E-state index in [0.29, 0.717) is 12.3 Å². The molecule has 2 rings (SSSR count). The Morgan fingerprint density at radius 3 is 2.59 bits per heavy atom. The van der Waals surface area contributed by atoms with Crippen molar-refractivity contribution in [3.05, 3.63) is 36.2 Å². The Labute approximate surface area is 100 Å². The number of aryl methyl sites for hydroxylation is 1. The molecule has 0 saturated carbocycles. The molecule has 0 aliphatic carbocycles. The van der Waals surface area contributed by atoms with E-state index < -0.39 is 0 Å². The number of hydrogen-bond donors (Lipinski definition) is 0. The second-order valence-electron chi connectivity index (χ2n) is 3.63. The molecule has 17 heavy (non-hydrogen) atoms. The second kappa shape index (κ2) is 4.71. The number of benzene rings is 1. The van der Waals surface area contributed by atoms with Gasteiger partial charge in [-0.15, -0.1) is 0 Å². The van der Waals surface area contributed by atoms with Crippen LogP contribution in [0, 0.1) is 11.3 Å². The molecule has 1 aromatic carbocycles. The standard InChI is InChI=1S/C13H13N3O/c1-3-17-12-6-4-10(5-7-12)13-15-11(8-14)9-16(13)2/h4-7,9H,3H2,1-2H3. The van der Waals surface area contributed by atoms with Crippen LogP contribution in [0.5, 0.6) is 5.75 Å². The smallest absolute Gasteiger partial charge is 0.159 e. The lowest BCUT2D eigenvalue weighted by Gasteiger charge is -2.04. The van der Waals surface area contributed by atoms with Crippen LogP contribution in [0.3, 0.4) is 0 Å². The lowest BCUT2D eigenvalue weighted by atomic mass is 10.2. The third-order valence-electron chi connectivity index (χ3n) is 2.41. The maximum Gasteiger partial charge on any atom is 0.159 e. The molecule has 0 atom stereocenters. The minimum absolute atomic E-state index is 0.427. The summed E-state index contributed by atoms with van der Waals surface area (Å²) in [4.78, 5) is 4.24. The van der Waals surface area contributed by atoms with Gasteiger partial charge in [0.1, 0.15) is 17.6 Å². The van der Waals surface area contributed by atoms with Crippen LogP contribution in [0.4, 0.5) is 0 Å². The first-order valence-electron chi connectivity index (χ1n) is 5.41. The lowest BCUT2D eigenvalue weighted by Crippen LogP contribution is -1.93.